The van der Waals surface area contributed by atoms with Crippen LogP contribution >= 0.6 is 0 Å². The molecule has 0 unspecified atom stereocenters. The van der Waals surface area contributed by atoms with Crippen LogP contribution in [0.3, 0.4) is 0 Å². The van der Waals surface area contributed by atoms with Crippen molar-refractivity contribution in [2.24, 2.45) is 0 Å². The van der Waals surface area contributed by atoms with E-state index in [2.05, 4.69) is 4.89 Å². The second-order valence-electron chi connectivity index (χ2n) is 6.01. The minimum Gasteiger partial charge on any atom is -0.744 e. The molecule has 1 N–H and O–H groups in total. The summed E-state index contributed by atoms with van der Waals surface area (Å²) in [5.41, 5.74) is 0.0923. The third-order valence-electron chi connectivity index (χ3n) is 3.76. The van der Waals surface area contributed by atoms with Crippen LogP contribution in [-0.4, -0.2) is 51.1 Å². The predicted octanol–water partition coefficient (Wildman–Crippen LogP) is 0.475. The van der Waals surface area contributed by atoms with Crippen molar-refractivity contribution in [2.45, 2.75) is 44.9 Å². The first-order valence-corrected chi connectivity index (χ1v) is 11.5. The molecule has 0 saturated heterocycles. The Morgan fingerprint density at radius 1 is 0.743 bits per heavy atom. The first-order valence-electron chi connectivity index (χ1n) is 8.63. The van der Waals surface area contributed by atoms with E-state index in [0.717, 1.165) is 36.4 Å². The van der Waals surface area contributed by atoms with Crippen molar-refractivity contribution in [3.05, 3.63) is 59.7 Å². The van der Waals surface area contributed by atoms with Gasteiger partial charge in [-0.25, -0.2) is 18.0 Å². The van der Waals surface area contributed by atoms with Gasteiger partial charge in [0.25, 0.3) is 10.1 Å². The van der Waals surface area contributed by atoms with Crippen LogP contribution in [0.15, 0.2) is 58.3 Å². The summed E-state index contributed by atoms with van der Waals surface area (Å²) in [6.07, 6.45) is 0.748. The van der Waals surface area contributed by atoms with Gasteiger partial charge >= 0.3 is 41.5 Å². The van der Waals surface area contributed by atoms with Gasteiger partial charge in [0.15, 0.2) is 0 Å². The molecular formula is C21H29NaO11S2. The fourth-order valence-corrected chi connectivity index (χ4v) is 3.12. The van der Waals surface area contributed by atoms with E-state index in [9.17, 15) is 31.0 Å². The summed E-state index contributed by atoms with van der Waals surface area (Å²) in [4.78, 5) is 32.0. The second-order valence-corrected chi connectivity index (χ2v) is 8.81. The molecule has 2 aromatic rings. The fraction of sp³-hybridized carbons (Fsp3) is 0.333. The van der Waals surface area contributed by atoms with E-state index in [1.165, 1.54) is 12.1 Å². The van der Waals surface area contributed by atoms with Crippen LogP contribution < -0.4 is 29.6 Å². The van der Waals surface area contributed by atoms with Gasteiger partial charge in [-0.05, 0) is 61.4 Å². The molecule has 0 saturated carbocycles. The number of hydrogen-bond acceptors (Lipinski definition) is 10. The molecule has 0 aliphatic heterocycles. The van der Waals surface area contributed by atoms with Crippen LogP contribution in [0.4, 0.5) is 0 Å². The van der Waals surface area contributed by atoms with E-state index >= 15 is 0 Å². The SMILES string of the molecule is C.C.C.O=C(OCCCCOOC(=O)c1ccc(S(=O)(=O)[O-])cc1)c1ccc(S(=O)(=O)O)cc1.[Na+]. The van der Waals surface area contributed by atoms with E-state index in [-0.39, 0.29) is 81.1 Å². The van der Waals surface area contributed by atoms with Gasteiger partial charge in [-0.1, -0.05) is 22.3 Å². The molecule has 2 rings (SSSR count). The quantitative estimate of drug-likeness (QED) is 0.110. The number of benzene rings is 2. The van der Waals surface area contributed by atoms with Crippen molar-refractivity contribution in [3.63, 3.8) is 0 Å². The van der Waals surface area contributed by atoms with Gasteiger partial charge < -0.3 is 9.29 Å². The number of rotatable bonds is 10. The molecule has 0 fully saturated rings. The van der Waals surface area contributed by atoms with Gasteiger partial charge in [-0.15, -0.1) is 0 Å². The van der Waals surface area contributed by atoms with E-state index < -0.39 is 37.1 Å². The summed E-state index contributed by atoms with van der Waals surface area (Å²) in [6.45, 7) is 0.0285. The number of unbranched alkanes of at least 4 members (excludes halogenated alkanes) is 1. The Labute approximate surface area is 228 Å². The summed E-state index contributed by atoms with van der Waals surface area (Å²) >= 11 is 0. The minimum absolute atomic E-state index is 0. The Morgan fingerprint density at radius 3 is 1.63 bits per heavy atom. The van der Waals surface area contributed by atoms with E-state index in [0.29, 0.717) is 12.8 Å². The van der Waals surface area contributed by atoms with Crippen molar-refractivity contribution >= 4 is 32.2 Å². The summed E-state index contributed by atoms with van der Waals surface area (Å²) in [5.74, 6) is -1.56. The van der Waals surface area contributed by atoms with Crippen molar-refractivity contribution in [2.75, 3.05) is 13.2 Å². The van der Waals surface area contributed by atoms with Gasteiger partial charge in [0.2, 0.25) is 0 Å². The first kappa shape index (κ1) is 37.7. The van der Waals surface area contributed by atoms with Gasteiger partial charge in [-0.2, -0.15) is 13.3 Å². The van der Waals surface area contributed by atoms with E-state index in [1.54, 1.807) is 0 Å². The maximum atomic E-state index is 11.8. The molecule has 35 heavy (non-hydrogen) atoms. The first-order chi connectivity index (χ1) is 14.5. The zero-order valence-electron chi connectivity index (χ0n) is 16.8. The molecule has 0 aromatic heterocycles. The summed E-state index contributed by atoms with van der Waals surface area (Å²) < 4.78 is 68.2. The average molecular weight is 545 g/mol. The number of carbonyl (C=O) groups excluding carboxylic acids is 2. The average Bonchev–Trinajstić information content (AvgIpc) is 2.71. The Morgan fingerprint density at radius 2 is 1.17 bits per heavy atom. The van der Waals surface area contributed by atoms with Gasteiger partial charge in [0, 0.05) is 0 Å². The topological polar surface area (TPSA) is 173 Å². The fourth-order valence-electron chi connectivity index (χ4n) is 2.18. The molecule has 0 atom stereocenters. The number of hydrogen-bond donors (Lipinski definition) is 1. The summed E-state index contributed by atoms with van der Waals surface area (Å²) in [5, 5.41) is 0. The Hall–Kier alpha value is -1.84. The van der Waals surface area contributed by atoms with Crippen LogP contribution in [0.2, 0.25) is 0 Å². The van der Waals surface area contributed by atoms with Crippen LogP contribution in [0.25, 0.3) is 0 Å². The monoisotopic (exact) mass is 544 g/mol. The standard InChI is InChI=1S/C18H18O11S2.3CH4.Na/c19-17(13-3-7-15(8-4-13)30(21,22)23)27-11-1-2-12-28-29-18(20)14-5-9-16(10-6-14)31(24,25)26;;;;/h3-10H,1-2,11-12H2,(H,21,22,23)(H,24,25,26);3*1H4;/q;;;;+1/p-1. The molecule has 0 aliphatic carbocycles. The number of carbonyl (C=O) groups is 2. The molecule has 0 heterocycles. The number of ether oxygens (including phenoxy) is 1. The van der Waals surface area contributed by atoms with E-state index in [1.807, 2.05) is 0 Å². The molecule has 0 aliphatic rings. The third-order valence-corrected chi connectivity index (χ3v) is 5.47. The number of esters is 1. The Kier molecular flexibility index (Phi) is 18.1. The van der Waals surface area contributed by atoms with Gasteiger partial charge in [0.1, 0.15) is 10.1 Å². The molecule has 0 amide bonds. The van der Waals surface area contributed by atoms with Gasteiger partial charge in [-0.3, -0.25) is 9.44 Å². The molecule has 11 nitrogen and oxygen atoms in total. The van der Waals surface area contributed by atoms with Crippen LogP contribution in [-0.2, 0) is 34.7 Å². The van der Waals surface area contributed by atoms with Gasteiger partial charge in [0.05, 0.1) is 34.1 Å². The molecular weight excluding hydrogens is 515 g/mol. The van der Waals surface area contributed by atoms with Crippen LogP contribution in [0.1, 0.15) is 55.8 Å². The van der Waals surface area contributed by atoms with Crippen molar-refractivity contribution in [1.82, 2.24) is 0 Å². The molecule has 0 spiro atoms. The minimum atomic E-state index is -4.61. The zero-order chi connectivity index (χ0) is 23.1. The maximum absolute atomic E-state index is 11.8. The van der Waals surface area contributed by atoms with Crippen molar-refractivity contribution in [1.29, 1.82) is 0 Å². The molecule has 2 aromatic carbocycles. The third kappa shape index (κ3) is 12.6. The Bertz CT molecular complexity index is 1040. The predicted molar refractivity (Wildman–Crippen MR) is 122 cm³/mol. The summed E-state index contributed by atoms with van der Waals surface area (Å²) in [7, 11) is -8.96. The van der Waals surface area contributed by atoms with E-state index in [4.69, 9.17) is 14.2 Å². The summed E-state index contributed by atoms with van der Waals surface area (Å²) in [6, 6.07) is 8.71. The largest absolute Gasteiger partial charge is 1.00 e. The van der Waals surface area contributed by atoms with Crippen LogP contribution in [0.5, 0.6) is 0 Å². The molecule has 192 valence electrons. The maximum Gasteiger partial charge on any atom is 1.00 e. The normalized spacial score (nSPS) is 10.3. The van der Waals surface area contributed by atoms with Crippen LogP contribution in [0, 0.1) is 0 Å². The second kappa shape index (κ2) is 16.8. The van der Waals surface area contributed by atoms with Crippen molar-refractivity contribution in [3.8, 4) is 0 Å². The molecule has 0 bridgehead atoms. The Balaban J connectivity index is -0.00000256. The molecule has 14 heteroatoms. The zero-order valence-corrected chi connectivity index (χ0v) is 20.4. The van der Waals surface area contributed by atoms with Crippen molar-refractivity contribution < 1.29 is 79.6 Å². The smallest absolute Gasteiger partial charge is 0.744 e. The molecule has 0 radical (unpaired) electrons.